The van der Waals surface area contributed by atoms with E-state index in [1.165, 1.54) is 7.11 Å². The first-order chi connectivity index (χ1) is 8.56. The minimum Gasteiger partial charge on any atom is -0.465 e. The molecule has 8 heteroatoms. The van der Waals surface area contributed by atoms with E-state index in [1.54, 1.807) is 9.80 Å². The number of hydrogen-bond acceptors (Lipinski definition) is 6. The number of halogens is 1. The van der Waals surface area contributed by atoms with E-state index in [0.29, 0.717) is 18.3 Å². The molecule has 1 fully saturated rings. The zero-order chi connectivity index (χ0) is 13.3. The minimum atomic E-state index is -0.512. The van der Waals surface area contributed by atoms with Gasteiger partial charge in [-0.3, -0.25) is 4.79 Å². The van der Waals surface area contributed by atoms with Crippen molar-refractivity contribution in [1.82, 2.24) is 9.88 Å². The van der Waals surface area contributed by atoms with Gasteiger partial charge in [-0.2, -0.15) is 0 Å². The van der Waals surface area contributed by atoms with Crippen LogP contribution in [0.1, 0.15) is 16.6 Å². The molecule has 6 nitrogen and oxygen atoms in total. The minimum absolute atomic E-state index is 0.0449. The second kappa shape index (κ2) is 5.11. The fourth-order valence-electron chi connectivity index (χ4n) is 1.65. The van der Waals surface area contributed by atoms with Crippen LogP contribution in [0.3, 0.4) is 0 Å². The molecule has 0 aromatic carbocycles. The predicted molar refractivity (Wildman–Crippen MR) is 68.1 cm³/mol. The van der Waals surface area contributed by atoms with Crippen molar-refractivity contribution in [3.05, 3.63) is 10.0 Å². The maximum Gasteiger partial charge on any atom is 0.351 e. The van der Waals surface area contributed by atoms with Gasteiger partial charge in [-0.05, 0) is 6.92 Å². The quantitative estimate of drug-likeness (QED) is 0.783. The van der Waals surface area contributed by atoms with Crippen molar-refractivity contribution in [3.8, 4) is 0 Å². The lowest BCUT2D eigenvalue weighted by Gasteiger charge is -2.14. The Morgan fingerprint density at radius 2 is 2.33 bits per heavy atom. The van der Waals surface area contributed by atoms with Crippen molar-refractivity contribution in [2.45, 2.75) is 6.92 Å². The third-order valence-electron chi connectivity index (χ3n) is 2.62. The zero-order valence-electron chi connectivity index (χ0n) is 9.97. The topological polar surface area (TPSA) is 62.7 Å². The van der Waals surface area contributed by atoms with Gasteiger partial charge in [0.25, 0.3) is 0 Å². The lowest BCUT2D eigenvalue weighted by Crippen LogP contribution is -2.26. The second-order valence-electron chi connectivity index (χ2n) is 3.70. The highest BCUT2D eigenvalue weighted by Gasteiger charge is 2.29. The molecule has 1 aromatic rings. The summed E-state index contributed by atoms with van der Waals surface area (Å²) in [5.74, 6) is -0.468. The molecule has 2 rings (SSSR count). The smallest absolute Gasteiger partial charge is 0.351 e. The van der Waals surface area contributed by atoms with Crippen LogP contribution in [0.25, 0.3) is 0 Å². The molecule has 0 aliphatic carbocycles. The van der Waals surface area contributed by atoms with E-state index in [1.807, 2.05) is 6.92 Å². The average molecular weight is 290 g/mol. The molecular weight excluding hydrogens is 278 g/mol. The molecule has 1 aliphatic rings. The van der Waals surface area contributed by atoms with Crippen molar-refractivity contribution in [3.63, 3.8) is 0 Å². The Kier molecular flexibility index (Phi) is 3.72. The normalized spacial score (nSPS) is 15.4. The van der Waals surface area contributed by atoms with Crippen LogP contribution < -0.4 is 4.90 Å². The third-order valence-corrected chi connectivity index (χ3v) is 4.10. The number of hydrogen-bond donors (Lipinski definition) is 0. The standard InChI is InChI=1S/C10H12ClN3O3S/c1-3-13-5-14(4-6(13)15)10-12-8(11)7(18-10)9(16)17-2/h3-5H2,1-2H3. The summed E-state index contributed by atoms with van der Waals surface area (Å²) in [5, 5.41) is 0.675. The maximum atomic E-state index is 11.6. The first kappa shape index (κ1) is 13.1. The van der Waals surface area contributed by atoms with E-state index < -0.39 is 5.97 Å². The number of anilines is 1. The number of esters is 1. The van der Waals surface area contributed by atoms with Crippen LogP contribution in [-0.4, -0.2) is 48.6 Å². The third kappa shape index (κ3) is 2.28. The monoisotopic (exact) mass is 289 g/mol. The van der Waals surface area contributed by atoms with Gasteiger partial charge in [-0.25, -0.2) is 9.78 Å². The van der Waals surface area contributed by atoms with Crippen LogP contribution in [0.5, 0.6) is 0 Å². The van der Waals surface area contributed by atoms with Gasteiger partial charge in [0.1, 0.15) is 6.54 Å². The zero-order valence-corrected chi connectivity index (χ0v) is 11.5. The van der Waals surface area contributed by atoms with E-state index >= 15 is 0 Å². The molecule has 1 saturated heterocycles. The Labute approximate surface area is 113 Å². The van der Waals surface area contributed by atoms with Crippen molar-refractivity contribution < 1.29 is 14.3 Å². The van der Waals surface area contributed by atoms with Crippen molar-refractivity contribution in [2.75, 3.05) is 31.8 Å². The van der Waals surface area contributed by atoms with E-state index in [-0.39, 0.29) is 22.5 Å². The fourth-order valence-corrected chi connectivity index (χ4v) is 2.84. The van der Waals surface area contributed by atoms with Gasteiger partial charge in [0.15, 0.2) is 15.2 Å². The number of ether oxygens (including phenoxy) is 1. The van der Waals surface area contributed by atoms with Crippen molar-refractivity contribution in [2.24, 2.45) is 0 Å². The lowest BCUT2D eigenvalue weighted by atomic mass is 10.5. The van der Waals surface area contributed by atoms with E-state index in [9.17, 15) is 9.59 Å². The number of carbonyl (C=O) groups excluding carboxylic acids is 2. The number of carbonyl (C=O) groups is 2. The van der Waals surface area contributed by atoms with E-state index in [0.717, 1.165) is 11.3 Å². The van der Waals surface area contributed by atoms with Gasteiger partial charge < -0.3 is 14.5 Å². The SMILES string of the molecule is CCN1CN(c2nc(Cl)c(C(=O)OC)s2)CC1=O. The second-order valence-corrected chi connectivity index (χ2v) is 5.03. The van der Waals surface area contributed by atoms with Crippen molar-refractivity contribution >= 4 is 39.9 Å². The molecule has 0 N–H and O–H groups in total. The summed E-state index contributed by atoms with van der Waals surface area (Å²) < 4.78 is 4.61. The van der Waals surface area contributed by atoms with Gasteiger partial charge in [0.05, 0.1) is 13.8 Å². The van der Waals surface area contributed by atoms with Crippen LogP contribution in [0.4, 0.5) is 5.13 Å². The molecule has 18 heavy (non-hydrogen) atoms. The van der Waals surface area contributed by atoms with Crippen molar-refractivity contribution in [1.29, 1.82) is 0 Å². The Morgan fingerprint density at radius 1 is 1.61 bits per heavy atom. The molecule has 1 aromatic heterocycles. The van der Waals surface area contributed by atoms with Crippen LogP contribution in [-0.2, 0) is 9.53 Å². The molecule has 0 atom stereocenters. The van der Waals surface area contributed by atoms with E-state index in [4.69, 9.17) is 11.6 Å². The molecule has 1 aliphatic heterocycles. The first-order valence-electron chi connectivity index (χ1n) is 5.34. The van der Waals surface area contributed by atoms with E-state index in [2.05, 4.69) is 9.72 Å². The van der Waals surface area contributed by atoms with Gasteiger partial charge in [-0.1, -0.05) is 22.9 Å². The van der Waals surface area contributed by atoms with Crippen LogP contribution in [0.2, 0.25) is 5.15 Å². The first-order valence-corrected chi connectivity index (χ1v) is 6.53. The Bertz CT molecular complexity index is 491. The molecule has 1 amide bonds. The maximum absolute atomic E-state index is 11.6. The number of thiazole rings is 1. The number of methoxy groups -OCH3 is 1. The molecule has 2 heterocycles. The Morgan fingerprint density at radius 3 is 2.89 bits per heavy atom. The highest BCUT2D eigenvalue weighted by molar-refractivity contribution is 7.18. The summed E-state index contributed by atoms with van der Waals surface area (Å²) in [6, 6.07) is 0. The number of nitrogens with zero attached hydrogens (tertiary/aromatic N) is 3. The van der Waals surface area contributed by atoms with Gasteiger partial charge in [0.2, 0.25) is 5.91 Å². The number of amides is 1. The summed E-state index contributed by atoms with van der Waals surface area (Å²) in [6.07, 6.45) is 0. The molecule has 0 unspecified atom stereocenters. The van der Waals surface area contributed by atoms with Gasteiger partial charge >= 0.3 is 5.97 Å². The Balaban J connectivity index is 2.21. The summed E-state index contributed by atoms with van der Waals surface area (Å²) in [4.78, 5) is 30.9. The van der Waals surface area contributed by atoms with Crippen LogP contribution in [0, 0.1) is 0 Å². The van der Waals surface area contributed by atoms with Gasteiger partial charge in [0, 0.05) is 6.54 Å². The average Bonchev–Trinajstić information content (AvgIpc) is 2.91. The molecule has 0 radical (unpaired) electrons. The summed E-state index contributed by atoms with van der Waals surface area (Å²) in [5.41, 5.74) is 0. The highest BCUT2D eigenvalue weighted by Crippen LogP contribution is 2.31. The predicted octanol–water partition coefficient (Wildman–Crippen LogP) is 1.21. The van der Waals surface area contributed by atoms with Gasteiger partial charge in [-0.15, -0.1) is 0 Å². The fraction of sp³-hybridized carbons (Fsp3) is 0.500. The highest BCUT2D eigenvalue weighted by atomic mass is 35.5. The van der Waals surface area contributed by atoms with Crippen LogP contribution in [0.15, 0.2) is 0 Å². The van der Waals surface area contributed by atoms with Crippen LogP contribution >= 0.6 is 22.9 Å². The lowest BCUT2D eigenvalue weighted by molar-refractivity contribution is -0.126. The summed E-state index contributed by atoms with van der Waals surface area (Å²) >= 11 is 7.01. The number of likely N-dealkylation sites (N-methyl/N-ethyl adjacent to an activating group) is 1. The molecule has 0 saturated carbocycles. The summed E-state index contributed by atoms with van der Waals surface area (Å²) in [6.45, 7) is 3.30. The number of aromatic nitrogens is 1. The molecule has 98 valence electrons. The molecule has 0 bridgehead atoms. The summed E-state index contributed by atoms with van der Waals surface area (Å²) in [7, 11) is 1.29. The Hall–Kier alpha value is -1.34. The molecular formula is C10H12ClN3O3S. The molecule has 0 spiro atoms. The number of rotatable bonds is 3. The largest absolute Gasteiger partial charge is 0.465 e.